The zero-order chi connectivity index (χ0) is 17.8. The fraction of sp³-hybridized carbons (Fsp3) is 0.176. The van der Waals surface area contributed by atoms with Gasteiger partial charge in [-0.3, -0.25) is 14.7 Å². The number of benzene rings is 2. The molecule has 0 unspecified atom stereocenters. The minimum atomic E-state index is -0.404. The lowest BCUT2D eigenvalue weighted by Crippen LogP contribution is -2.11. The second-order valence-electron chi connectivity index (χ2n) is 5.37. The van der Waals surface area contributed by atoms with Crippen molar-refractivity contribution in [3.8, 4) is 5.69 Å². The van der Waals surface area contributed by atoms with Crippen molar-refractivity contribution in [3.05, 3.63) is 81.9 Å². The Morgan fingerprint density at radius 2 is 1.84 bits per heavy atom. The molecule has 1 aromatic heterocycles. The van der Waals surface area contributed by atoms with Crippen LogP contribution in [0.5, 0.6) is 0 Å². The van der Waals surface area contributed by atoms with Gasteiger partial charge in [0.05, 0.1) is 0 Å². The van der Waals surface area contributed by atoms with E-state index in [1.807, 2.05) is 30.3 Å². The van der Waals surface area contributed by atoms with E-state index in [0.717, 1.165) is 5.56 Å². The minimum absolute atomic E-state index is 0.232. The summed E-state index contributed by atoms with van der Waals surface area (Å²) < 4.78 is 14.9. The van der Waals surface area contributed by atoms with Crippen molar-refractivity contribution in [3.63, 3.8) is 0 Å². The maximum atomic E-state index is 13.2. The number of aryl methyl sites for hydroxylation is 1. The van der Waals surface area contributed by atoms with Crippen molar-refractivity contribution in [2.24, 2.45) is 0 Å². The number of nitro groups is 1. The van der Waals surface area contributed by atoms with Gasteiger partial charge in [0, 0.05) is 10.6 Å². The highest BCUT2D eigenvalue weighted by molar-refractivity contribution is 7.99. The third-order valence-electron chi connectivity index (χ3n) is 3.61. The smallest absolute Gasteiger partial charge is 0.220 e. The van der Waals surface area contributed by atoms with Gasteiger partial charge in [-0.1, -0.05) is 42.1 Å². The third-order valence-corrected chi connectivity index (χ3v) is 4.79. The van der Waals surface area contributed by atoms with Gasteiger partial charge in [0.15, 0.2) is 5.16 Å². The summed E-state index contributed by atoms with van der Waals surface area (Å²) in [5.41, 5.74) is 1.55. The predicted molar refractivity (Wildman–Crippen MR) is 93.0 cm³/mol. The van der Waals surface area contributed by atoms with Crippen LogP contribution in [0.15, 0.2) is 59.8 Å². The standard InChI is InChI=1S/C17H15FN4O2S/c1-12-19-20-17(22(12)15-9-7-14(18)8-10-15)25-16(11-21(23)24)13-5-3-2-4-6-13/h2-10,16H,11H2,1H3/t16-/m0/s1. The zero-order valence-corrected chi connectivity index (χ0v) is 14.2. The number of aromatic nitrogens is 3. The Labute approximate surface area is 147 Å². The molecule has 6 nitrogen and oxygen atoms in total. The first-order valence-corrected chi connectivity index (χ1v) is 8.44. The minimum Gasteiger partial charge on any atom is -0.274 e. The van der Waals surface area contributed by atoms with E-state index >= 15 is 0 Å². The van der Waals surface area contributed by atoms with Gasteiger partial charge in [-0.15, -0.1) is 10.2 Å². The summed E-state index contributed by atoms with van der Waals surface area (Å²) in [7, 11) is 0. The summed E-state index contributed by atoms with van der Waals surface area (Å²) in [5, 5.41) is 19.4. The Morgan fingerprint density at radius 1 is 1.16 bits per heavy atom. The van der Waals surface area contributed by atoms with Gasteiger partial charge < -0.3 is 0 Å². The van der Waals surface area contributed by atoms with Crippen LogP contribution in [-0.4, -0.2) is 26.2 Å². The molecule has 0 aliphatic rings. The van der Waals surface area contributed by atoms with Crippen molar-refractivity contribution in [2.75, 3.05) is 6.54 Å². The van der Waals surface area contributed by atoms with Crippen molar-refractivity contribution in [2.45, 2.75) is 17.3 Å². The Hall–Kier alpha value is -2.74. The molecule has 0 aliphatic carbocycles. The number of hydrogen-bond donors (Lipinski definition) is 0. The summed E-state index contributed by atoms with van der Waals surface area (Å²) in [4.78, 5) is 10.7. The van der Waals surface area contributed by atoms with Crippen LogP contribution in [0.3, 0.4) is 0 Å². The van der Waals surface area contributed by atoms with Gasteiger partial charge in [-0.05, 0) is 36.8 Å². The van der Waals surface area contributed by atoms with Crippen molar-refractivity contribution in [1.29, 1.82) is 0 Å². The molecule has 25 heavy (non-hydrogen) atoms. The summed E-state index contributed by atoms with van der Waals surface area (Å²) in [6, 6.07) is 15.2. The third kappa shape index (κ3) is 4.03. The van der Waals surface area contributed by atoms with Crippen LogP contribution in [0.2, 0.25) is 0 Å². The molecule has 0 saturated heterocycles. The highest BCUT2D eigenvalue weighted by atomic mass is 32.2. The maximum absolute atomic E-state index is 13.2. The first-order valence-electron chi connectivity index (χ1n) is 7.56. The van der Waals surface area contributed by atoms with Crippen LogP contribution in [-0.2, 0) is 0 Å². The van der Waals surface area contributed by atoms with Crippen LogP contribution in [0, 0.1) is 22.9 Å². The van der Waals surface area contributed by atoms with E-state index in [1.54, 1.807) is 23.6 Å². The number of rotatable bonds is 6. The highest BCUT2D eigenvalue weighted by Gasteiger charge is 2.23. The molecule has 0 bridgehead atoms. The Bertz CT molecular complexity index is 868. The molecule has 0 N–H and O–H groups in total. The van der Waals surface area contributed by atoms with E-state index in [0.29, 0.717) is 16.7 Å². The fourth-order valence-corrected chi connectivity index (χ4v) is 3.62. The van der Waals surface area contributed by atoms with Gasteiger partial charge in [-0.25, -0.2) is 4.39 Å². The van der Waals surface area contributed by atoms with E-state index in [4.69, 9.17) is 0 Å². The van der Waals surface area contributed by atoms with Crippen molar-refractivity contribution in [1.82, 2.24) is 14.8 Å². The molecular weight excluding hydrogens is 343 g/mol. The zero-order valence-electron chi connectivity index (χ0n) is 13.4. The summed E-state index contributed by atoms with van der Waals surface area (Å²) in [6.45, 7) is 1.55. The van der Waals surface area contributed by atoms with Crippen molar-refractivity contribution < 1.29 is 9.31 Å². The quantitative estimate of drug-likeness (QED) is 0.380. The number of nitrogens with zero attached hydrogens (tertiary/aromatic N) is 4. The topological polar surface area (TPSA) is 73.8 Å². The Kier molecular flexibility index (Phi) is 5.08. The van der Waals surface area contributed by atoms with Crippen LogP contribution in [0.25, 0.3) is 5.69 Å². The summed E-state index contributed by atoms with van der Waals surface area (Å²) in [5.74, 6) is 0.293. The first kappa shape index (κ1) is 17.1. The molecule has 0 spiro atoms. The number of thioether (sulfide) groups is 1. The highest BCUT2D eigenvalue weighted by Crippen LogP contribution is 2.35. The molecule has 8 heteroatoms. The lowest BCUT2D eigenvalue weighted by Gasteiger charge is -2.14. The molecule has 1 heterocycles. The Balaban J connectivity index is 1.95. The SMILES string of the molecule is Cc1nnc(S[C@@H](C[N+](=O)[O-])c2ccccc2)n1-c1ccc(F)cc1. The number of hydrogen-bond acceptors (Lipinski definition) is 5. The fourth-order valence-electron chi connectivity index (χ4n) is 2.45. The van der Waals surface area contributed by atoms with E-state index < -0.39 is 5.25 Å². The van der Waals surface area contributed by atoms with Gasteiger partial charge >= 0.3 is 0 Å². The molecule has 0 fully saturated rings. The molecular formula is C17H15FN4O2S. The summed E-state index contributed by atoms with van der Waals surface area (Å²) in [6.07, 6.45) is 0. The predicted octanol–water partition coefficient (Wildman–Crippen LogP) is 3.82. The first-order chi connectivity index (χ1) is 12.0. The normalized spacial score (nSPS) is 12.1. The molecule has 128 valence electrons. The van der Waals surface area contributed by atoms with E-state index in [1.165, 1.54) is 23.9 Å². The van der Waals surface area contributed by atoms with Crippen LogP contribution < -0.4 is 0 Å². The van der Waals surface area contributed by atoms with Gasteiger partial charge in [0.2, 0.25) is 6.54 Å². The van der Waals surface area contributed by atoms with E-state index in [-0.39, 0.29) is 17.3 Å². The molecule has 0 amide bonds. The van der Waals surface area contributed by atoms with Gasteiger partial charge in [-0.2, -0.15) is 0 Å². The lowest BCUT2D eigenvalue weighted by molar-refractivity contribution is -0.479. The monoisotopic (exact) mass is 358 g/mol. The van der Waals surface area contributed by atoms with Gasteiger partial charge in [0.25, 0.3) is 0 Å². The van der Waals surface area contributed by atoms with Crippen LogP contribution in [0.4, 0.5) is 4.39 Å². The Morgan fingerprint density at radius 3 is 2.48 bits per heavy atom. The second kappa shape index (κ2) is 7.43. The average molecular weight is 358 g/mol. The molecule has 3 rings (SSSR count). The average Bonchev–Trinajstić information content (AvgIpc) is 2.96. The molecule has 2 aromatic carbocycles. The van der Waals surface area contributed by atoms with E-state index in [9.17, 15) is 14.5 Å². The summed E-state index contributed by atoms with van der Waals surface area (Å²) >= 11 is 1.27. The lowest BCUT2D eigenvalue weighted by atomic mass is 10.1. The largest absolute Gasteiger partial charge is 0.274 e. The van der Waals surface area contributed by atoms with Crippen molar-refractivity contribution >= 4 is 11.8 Å². The van der Waals surface area contributed by atoms with E-state index in [2.05, 4.69) is 10.2 Å². The molecule has 1 atom stereocenters. The maximum Gasteiger partial charge on any atom is 0.220 e. The molecule has 3 aromatic rings. The molecule has 0 aliphatic heterocycles. The molecule has 0 saturated carbocycles. The second-order valence-corrected chi connectivity index (χ2v) is 6.54. The van der Waals surface area contributed by atoms with Gasteiger partial charge in [0.1, 0.15) is 16.9 Å². The van der Waals surface area contributed by atoms with Crippen LogP contribution >= 0.6 is 11.8 Å². The van der Waals surface area contributed by atoms with Crippen LogP contribution in [0.1, 0.15) is 16.6 Å². The molecule has 0 radical (unpaired) electrons. The number of halogens is 1.